The number of aliphatic hydroxyl groups excluding tert-OH is 1. The predicted molar refractivity (Wildman–Crippen MR) is 96.4 cm³/mol. The van der Waals surface area contributed by atoms with E-state index in [4.69, 9.17) is 4.74 Å². The van der Waals surface area contributed by atoms with Crippen LogP contribution in [0.1, 0.15) is 45.6 Å². The van der Waals surface area contributed by atoms with Gasteiger partial charge in [-0.1, -0.05) is 6.08 Å². The molecule has 0 amide bonds. The van der Waals surface area contributed by atoms with Gasteiger partial charge in [0.2, 0.25) is 0 Å². The SMILES string of the molecule is CC(C)n1nccc1N1CCCCC1COC1=C(C=O)C(O)CC=C1. The van der Waals surface area contributed by atoms with E-state index in [9.17, 15) is 9.90 Å². The summed E-state index contributed by atoms with van der Waals surface area (Å²) in [4.78, 5) is 13.6. The molecule has 1 aromatic heterocycles. The van der Waals surface area contributed by atoms with E-state index in [0.717, 1.165) is 25.2 Å². The Morgan fingerprint density at radius 3 is 3.04 bits per heavy atom. The van der Waals surface area contributed by atoms with E-state index in [1.165, 1.54) is 6.42 Å². The molecule has 2 aliphatic rings. The standard InChI is InChI=1S/C19H27N3O3/c1-14(2)22-19(9-10-20-22)21-11-4-3-6-15(21)13-25-18-8-5-7-17(24)16(18)12-23/h5,8-10,12,14-15,17,24H,3-4,6-7,11,13H2,1-2H3. The molecule has 1 saturated heterocycles. The normalized spacial score (nSPS) is 24.1. The lowest BCUT2D eigenvalue weighted by Crippen LogP contribution is -2.43. The first kappa shape index (κ1) is 17.7. The minimum Gasteiger partial charge on any atom is -0.491 e. The van der Waals surface area contributed by atoms with Gasteiger partial charge >= 0.3 is 0 Å². The number of allylic oxidation sites excluding steroid dienone is 1. The number of ether oxygens (including phenoxy) is 1. The van der Waals surface area contributed by atoms with Crippen LogP contribution in [0.4, 0.5) is 5.82 Å². The van der Waals surface area contributed by atoms with Gasteiger partial charge in [0.1, 0.15) is 18.2 Å². The molecule has 0 bridgehead atoms. The number of rotatable bonds is 6. The van der Waals surface area contributed by atoms with Crippen LogP contribution < -0.4 is 4.90 Å². The monoisotopic (exact) mass is 345 g/mol. The van der Waals surface area contributed by atoms with E-state index in [1.807, 2.05) is 17.0 Å². The van der Waals surface area contributed by atoms with Crippen molar-refractivity contribution in [3.8, 4) is 0 Å². The van der Waals surface area contributed by atoms with Gasteiger partial charge in [0, 0.05) is 18.7 Å². The fourth-order valence-corrected chi connectivity index (χ4v) is 3.55. The Kier molecular flexibility index (Phi) is 5.58. The van der Waals surface area contributed by atoms with Crippen molar-refractivity contribution in [2.75, 3.05) is 18.1 Å². The van der Waals surface area contributed by atoms with E-state index < -0.39 is 6.10 Å². The average molecular weight is 345 g/mol. The molecule has 1 aliphatic heterocycles. The zero-order chi connectivity index (χ0) is 17.8. The van der Waals surface area contributed by atoms with Crippen LogP contribution in [-0.2, 0) is 9.53 Å². The smallest absolute Gasteiger partial charge is 0.152 e. The number of aliphatic hydroxyl groups is 1. The van der Waals surface area contributed by atoms with Gasteiger partial charge in [-0.3, -0.25) is 4.79 Å². The highest BCUT2D eigenvalue weighted by Gasteiger charge is 2.27. The van der Waals surface area contributed by atoms with Crippen LogP contribution >= 0.6 is 0 Å². The summed E-state index contributed by atoms with van der Waals surface area (Å²) >= 11 is 0. The lowest BCUT2D eigenvalue weighted by atomic mass is 10.0. The molecule has 0 saturated carbocycles. The molecular formula is C19H27N3O3. The van der Waals surface area contributed by atoms with E-state index in [0.29, 0.717) is 36.7 Å². The third kappa shape index (κ3) is 3.79. The summed E-state index contributed by atoms with van der Waals surface area (Å²) in [5.74, 6) is 1.61. The molecule has 1 fully saturated rings. The summed E-state index contributed by atoms with van der Waals surface area (Å²) in [6.45, 7) is 5.72. The Labute approximate surface area is 148 Å². The highest BCUT2D eigenvalue weighted by atomic mass is 16.5. The molecule has 25 heavy (non-hydrogen) atoms. The van der Waals surface area contributed by atoms with Crippen LogP contribution in [0.5, 0.6) is 0 Å². The van der Waals surface area contributed by atoms with Crippen LogP contribution in [0.2, 0.25) is 0 Å². The molecule has 2 heterocycles. The van der Waals surface area contributed by atoms with Crippen LogP contribution in [0, 0.1) is 0 Å². The Hall–Kier alpha value is -2.08. The van der Waals surface area contributed by atoms with Gasteiger partial charge in [-0.05, 0) is 45.6 Å². The first-order chi connectivity index (χ1) is 12.1. The molecule has 136 valence electrons. The number of hydrogen-bond donors (Lipinski definition) is 1. The van der Waals surface area contributed by atoms with Gasteiger partial charge in [0.05, 0.1) is 23.9 Å². The highest BCUT2D eigenvalue weighted by molar-refractivity contribution is 5.77. The first-order valence-corrected chi connectivity index (χ1v) is 9.08. The van der Waals surface area contributed by atoms with Crippen molar-refractivity contribution in [2.45, 2.75) is 57.7 Å². The minimum absolute atomic E-state index is 0.232. The Morgan fingerprint density at radius 2 is 2.28 bits per heavy atom. The summed E-state index contributed by atoms with van der Waals surface area (Å²) in [5, 5.41) is 14.4. The third-order valence-electron chi connectivity index (χ3n) is 4.89. The van der Waals surface area contributed by atoms with Gasteiger partial charge in [0.15, 0.2) is 6.29 Å². The zero-order valence-electron chi connectivity index (χ0n) is 15.0. The molecule has 0 aromatic carbocycles. The van der Waals surface area contributed by atoms with E-state index >= 15 is 0 Å². The van der Waals surface area contributed by atoms with E-state index in [2.05, 4.69) is 29.9 Å². The van der Waals surface area contributed by atoms with Crippen LogP contribution in [0.3, 0.4) is 0 Å². The maximum absolute atomic E-state index is 11.2. The molecule has 2 unspecified atom stereocenters. The quantitative estimate of drug-likeness (QED) is 0.803. The van der Waals surface area contributed by atoms with Crippen molar-refractivity contribution in [1.29, 1.82) is 0 Å². The second-order valence-corrected chi connectivity index (χ2v) is 6.97. The van der Waals surface area contributed by atoms with Gasteiger partial charge in [-0.15, -0.1) is 0 Å². The summed E-state index contributed by atoms with van der Waals surface area (Å²) in [6.07, 6.45) is 9.25. The molecule has 6 heteroatoms. The Balaban J connectivity index is 1.75. The lowest BCUT2D eigenvalue weighted by Gasteiger charge is -2.38. The summed E-state index contributed by atoms with van der Waals surface area (Å²) in [7, 11) is 0. The molecule has 6 nitrogen and oxygen atoms in total. The number of carbonyl (C=O) groups excluding carboxylic acids is 1. The molecule has 2 atom stereocenters. The molecular weight excluding hydrogens is 318 g/mol. The lowest BCUT2D eigenvalue weighted by molar-refractivity contribution is -0.106. The first-order valence-electron chi connectivity index (χ1n) is 9.08. The van der Waals surface area contributed by atoms with E-state index in [-0.39, 0.29) is 6.04 Å². The van der Waals surface area contributed by atoms with Crippen molar-refractivity contribution in [3.05, 3.63) is 35.7 Å². The number of anilines is 1. The Morgan fingerprint density at radius 1 is 1.44 bits per heavy atom. The molecule has 1 aliphatic carbocycles. The number of aromatic nitrogens is 2. The maximum Gasteiger partial charge on any atom is 0.152 e. The van der Waals surface area contributed by atoms with Gasteiger partial charge < -0.3 is 14.7 Å². The summed E-state index contributed by atoms with van der Waals surface area (Å²) in [6, 6.07) is 2.59. The van der Waals surface area contributed by atoms with Crippen molar-refractivity contribution >= 4 is 12.1 Å². The molecule has 1 aromatic rings. The predicted octanol–water partition coefficient (Wildman–Crippen LogP) is 2.61. The minimum atomic E-state index is -0.762. The van der Waals surface area contributed by atoms with Gasteiger partial charge in [-0.2, -0.15) is 5.10 Å². The summed E-state index contributed by atoms with van der Waals surface area (Å²) in [5.41, 5.74) is 0.345. The van der Waals surface area contributed by atoms with Crippen LogP contribution in [-0.4, -0.2) is 46.5 Å². The van der Waals surface area contributed by atoms with E-state index in [1.54, 1.807) is 6.08 Å². The second-order valence-electron chi connectivity index (χ2n) is 6.97. The number of aldehydes is 1. The van der Waals surface area contributed by atoms with Gasteiger partial charge in [-0.25, -0.2) is 4.68 Å². The molecule has 0 radical (unpaired) electrons. The maximum atomic E-state index is 11.2. The highest BCUT2D eigenvalue weighted by Crippen LogP contribution is 2.28. The average Bonchev–Trinajstić information content (AvgIpc) is 3.10. The second kappa shape index (κ2) is 7.87. The van der Waals surface area contributed by atoms with Crippen LogP contribution in [0.25, 0.3) is 0 Å². The third-order valence-corrected chi connectivity index (χ3v) is 4.89. The number of hydrogen-bond acceptors (Lipinski definition) is 5. The van der Waals surface area contributed by atoms with Crippen molar-refractivity contribution in [2.24, 2.45) is 0 Å². The largest absolute Gasteiger partial charge is 0.491 e. The molecule has 1 N–H and O–H groups in total. The molecule has 3 rings (SSSR count). The zero-order valence-corrected chi connectivity index (χ0v) is 15.0. The van der Waals surface area contributed by atoms with Crippen LogP contribution in [0.15, 0.2) is 35.7 Å². The van der Waals surface area contributed by atoms with Gasteiger partial charge in [0.25, 0.3) is 0 Å². The number of carbonyl (C=O) groups is 1. The van der Waals surface area contributed by atoms with Crippen molar-refractivity contribution in [1.82, 2.24) is 9.78 Å². The topological polar surface area (TPSA) is 67.6 Å². The fraction of sp³-hybridized carbons (Fsp3) is 0.579. The Bertz CT molecular complexity index is 663. The van der Waals surface area contributed by atoms with Crippen molar-refractivity contribution in [3.63, 3.8) is 0 Å². The van der Waals surface area contributed by atoms with Crippen molar-refractivity contribution < 1.29 is 14.6 Å². The molecule has 0 spiro atoms. The number of nitrogens with zero attached hydrogens (tertiary/aromatic N) is 3. The summed E-state index contributed by atoms with van der Waals surface area (Å²) < 4.78 is 8.00. The number of piperidine rings is 1. The fourth-order valence-electron chi connectivity index (χ4n) is 3.55.